The SMILES string of the molecule is O=CON(c1ccncn1)S(=O)(=O)c1ccc(N[C@H]2CC[C@H](c3cccc(C(F)(F)F)c3)C[C@@H]2N2CCCC2)nc1. The van der Waals surface area contributed by atoms with Crippen molar-refractivity contribution < 1.29 is 31.2 Å². The Morgan fingerprint density at radius 1 is 1.07 bits per heavy atom. The quantitative estimate of drug-likeness (QED) is 0.286. The molecular formula is C27H29F3N6O4S. The average Bonchev–Trinajstić information content (AvgIpc) is 3.51. The van der Waals surface area contributed by atoms with Crippen LogP contribution in [0.2, 0.25) is 0 Å². The summed E-state index contributed by atoms with van der Waals surface area (Å²) in [4.78, 5) is 29.8. The van der Waals surface area contributed by atoms with Gasteiger partial charge in [0, 0.05) is 30.5 Å². The van der Waals surface area contributed by atoms with Crippen molar-refractivity contribution in [2.45, 2.75) is 61.2 Å². The zero-order chi connectivity index (χ0) is 29.0. The minimum Gasteiger partial charge on any atom is -0.366 e. The summed E-state index contributed by atoms with van der Waals surface area (Å²) in [5.41, 5.74) is 0.0602. The Labute approximate surface area is 235 Å². The van der Waals surface area contributed by atoms with Gasteiger partial charge in [-0.15, -0.1) is 0 Å². The van der Waals surface area contributed by atoms with Crippen molar-refractivity contribution in [1.82, 2.24) is 19.9 Å². The van der Waals surface area contributed by atoms with Gasteiger partial charge in [0.25, 0.3) is 10.0 Å². The van der Waals surface area contributed by atoms with Crippen molar-refractivity contribution in [2.75, 3.05) is 22.9 Å². The monoisotopic (exact) mass is 590 g/mol. The molecule has 0 radical (unpaired) electrons. The molecule has 0 unspecified atom stereocenters. The molecule has 1 saturated heterocycles. The van der Waals surface area contributed by atoms with E-state index in [-0.39, 0.29) is 35.2 Å². The number of likely N-dealkylation sites (tertiary alicyclic amines) is 1. The van der Waals surface area contributed by atoms with Crippen molar-refractivity contribution >= 4 is 28.1 Å². The highest BCUT2D eigenvalue weighted by Gasteiger charge is 2.37. The highest BCUT2D eigenvalue weighted by Crippen LogP contribution is 2.39. The molecule has 5 rings (SSSR count). The number of pyridine rings is 1. The Balaban J connectivity index is 1.33. The maximum Gasteiger partial charge on any atom is 0.416 e. The molecule has 3 aromatic rings. The lowest BCUT2D eigenvalue weighted by Crippen LogP contribution is -2.49. The molecule has 2 fully saturated rings. The van der Waals surface area contributed by atoms with Crippen LogP contribution in [0, 0.1) is 0 Å². The fourth-order valence-electron chi connectivity index (χ4n) is 5.63. The van der Waals surface area contributed by atoms with Gasteiger partial charge in [0.15, 0.2) is 5.82 Å². The third-order valence-electron chi connectivity index (χ3n) is 7.59. The molecule has 0 bridgehead atoms. The number of benzene rings is 1. The van der Waals surface area contributed by atoms with Crippen LogP contribution in [0.3, 0.4) is 0 Å². The van der Waals surface area contributed by atoms with Crippen LogP contribution in [0.4, 0.5) is 24.8 Å². The molecule has 1 aliphatic heterocycles. The molecule has 2 aromatic heterocycles. The first kappa shape index (κ1) is 28.7. The number of nitrogens with zero attached hydrogens (tertiary/aromatic N) is 5. The summed E-state index contributed by atoms with van der Waals surface area (Å²) in [6.07, 6.45) is 3.44. The molecule has 3 atom stereocenters. The predicted octanol–water partition coefficient (Wildman–Crippen LogP) is 4.39. The number of hydrogen-bond donors (Lipinski definition) is 1. The van der Waals surface area contributed by atoms with E-state index in [0.717, 1.165) is 38.3 Å². The van der Waals surface area contributed by atoms with E-state index >= 15 is 0 Å². The molecule has 14 heteroatoms. The number of aromatic nitrogens is 3. The van der Waals surface area contributed by atoms with Crippen LogP contribution in [0.25, 0.3) is 0 Å². The standard InChI is InChI=1S/C27H29F3N6O4S/c28-27(29,30)21-5-3-4-19(14-21)20-6-8-23(24(15-20)35-12-1-2-13-35)34-25-9-7-22(16-32-25)41(38,39)36(40-18-37)26-10-11-31-17-33-26/h3-5,7,9-11,14,16-18,20,23-24H,1-2,6,8,12-13,15H2,(H,32,34)/t20-,23-,24-/m0/s1. The first-order chi connectivity index (χ1) is 19.7. The maximum absolute atomic E-state index is 13.3. The van der Waals surface area contributed by atoms with Crippen LogP contribution < -0.4 is 9.79 Å². The van der Waals surface area contributed by atoms with Crippen molar-refractivity contribution in [1.29, 1.82) is 0 Å². The predicted molar refractivity (Wildman–Crippen MR) is 143 cm³/mol. The van der Waals surface area contributed by atoms with Gasteiger partial charge in [0.05, 0.1) is 5.56 Å². The third-order valence-corrected chi connectivity index (χ3v) is 9.14. The van der Waals surface area contributed by atoms with Gasteiger partial charge in [-0.05, 0) is 74.9 Å². The summed E-state index contributed by atoms with van der Waals surface area (Å²) in [5.74, 6) is 0.299. The molecular weight excluding hydrogens is 561 g/mol. The van der Waals surface area contributed by atoms with Crippen molar-refractivity contribution in [3.8, 4) is 0 Å². The molecule has 218 valence electrons. The highest BCUT2D eigenvalue weighted by atomic mass is 32.2. The lowest BCUT2D eigenvalue weighted by atomic mass is 9.77. The summed E-state index contributed by atoms with van der Waals surface area (Å²) in [6.45, 7) is 1.81. The largest absolute Gasteiger partial charge is 0.416 e. The van der Waals surface area contributed by atoms with E-state index in [2.05, 4.69) is 25.2 Å². The Hall–Kier alpha value is -3.78. The van der Waals surface area contributed by atoms with Gasteiger partial charge in [-0.25, -0.2) is 15.0 Å². The number of alkyl halides is 3. The normalized spacial score (nSPS) is 21.8. The Morgan fingerprint density at radius 2 is 1.88 bits per heavy atom. The molecule has 1 saturated carbocycles. The van der Waals surface area contributed by atoms with Crippen LogP contribution >= 0.6 is 0 Å². The summed E-state index contributed by atoms with van der Waals surface area (Å²) in [6, 6.07) is 9.82. The van der Waals surface area contributed by atoms with E-state index in [1.165, 1.54) is 42.7 Å². The molecule has 2 aliphatic rings. The van der Waals surface area contributed by atoms with E-state index in [0.29, 0.717) is 35.1 Å². The molecule has 1 aliphatic carbocycles. The van der Waals surface area contributed by atoms with E-state index in [9.17, 15) is 26.4 Å². The maximum atomic E-state index is 13.3. The van der Waals surface area contributed by atoms with E-state index in [1.54, 1.807) is 6.07 Å². The lowest BCUT2D eigenvalue weighted by Gasteiger charge is -2.42. The van der Waals surface area contributed by atoms with E-state index in [4.69, 9.17) is 4.84 Å². The molecule has 3 heterocycles. The number of carbonyl (C=O) groups is 1. The zero-order valence-electron chi connectivity index (χ0n) is 21.9. The first-order valence-corrected chi connectivity index (χ1v) is 14.7. The second-order valence-corrected chi connectivity index (χ2v) is 11.8. The van der Waals surface area contributed by atoms with E-state index in [1.807, 2.05) is 0 Å². The van der Waals surface area contributed by atoms with Gasteiger partial charge in [-0.3, -0.25) is 9.69 Å². The fraction of sp³-hybridized carbons (Fsp3) is 0.407. The van der Waals surface area contributed by atoms with Crippen LogP contribution in [0.1, 0.15) is 49.1 Å². The Bertz CT molecular complexity index is 1440. The summed E-state index contributed by atoms with van der Waals surface area (Å²) < 4.78 is 66.7. The molecule has 10 nitrogen and oxygen atoms in total. The Morgan fingerprint density at radius 3 is 2.54 bits per heavy atom. The van der Waals surface area contributed by atoms with Crippen molar-refractivity contribution in [3.05, 3.63) is 72.3 Å². The number of carbonyl (C=O) groups excluding carboxylic acids is 1. The van der Waals surface area contributed by atoms with Crippen LogP contribution in [0.15, 0.2) is 66.1 Å². The van der Waals surface area contributed by atoms with Gasteiger partial charge in [0.1, 0.15) is 17.0 Å². The van der Waals surface area contributed by atoms with Crippen LogP contribution in [0.5, 0.6) is 0 Å². The number of halogens is 3. The van der Waals surface area contributed by atoms with Crippen LogP contribution in [-0.4, -0.2) is 59.9 Å². The van der Waals surface area contributed by atoms with Gasteiger partial charge < -0.3 is 10.2 Å². The minimum atomic E-state index is -4.39. The average molecular weight is 591 g/mol. The van der Waals surface area contributed by atoms with Crippen LogP contribution in [-0.2, 0) is 25.8 Å². The molecule has 1 N–H and O–H groups in total. The zero-order valence-corrected chi connectivity index (χ0v) is 22.8. The van der Waals surface area contributed by atoms with Gasteiger partial charge in [-0.1, -0.05) is 22.7 Å². The molecule has 0 spiro atoms. The Kier molecular flexibility index (Phi) is 8.40. The smallest absolute Gasteiger partial charge is 0.366 e. The number of hydrogen-bond acceptors (Lipinski definition) is 9. The lowest BCUT2D eigenvalue weighted by molar-refractivity contribution is -0.137. The van der Waals surface area contributed by atoms with E-state index < -0.39 is 21.8 Å². The summed E-state index contributed by atoms with van der Waals surface area (Å²) in [7, 11) is -4.33. The number of nitrogens with one attached hydrogen (secondary N) is 1. The molecule has 1 aromatic carbocycles. The number of rotatable bonds is 9. The fourth-order valence-corrected chi connectivity index (χ4v) is 6.75. The highest BCUT2D eigenvalue weighted by molar-refractivity contribution is 7.92. The van der Waals surface area contributed by atoms with Crippen molar-refractivity contribution in [2.24, 2.45) is 0 Å². The minimum absolute atomic E-state index is 0.00738. The summed E-state index contributed by atoms with van der Waals surface area (Å²) >= 11 is 0. The molecule has 0 amide bonds. The van der Waals surface area contributed by atoms with Gasteiger partial charge in [0.2, 0.25) is 0 Å². The molecule has 41 heavy (non-hydrogen) atoms. The topological polar surface area (TPSA) is 118 Å². The van der Waals surface area contributed by atoms with Gasteiger partial charge >= 0.3 is 12.6 Å². The second kappa shape index (κ2) is 12.0. The van der Waals surface area contributed by atoms with Crippen molar-refractivity contribution in [3.63, 3.8) is 0 Å². The first-order valence-electron chi connectivity index (χ1n) is 13.2. The number of anilines is 2. The number of sulfonamides is 1. The third kappa shape index (κ3) is 6.43. The summed E-state index contributed by atoms with van der Waals surface area (Å²) in [5, 5.41) is 3.43. The second-order valence-electron chi connectivity index (χ2n) is 10.1. The van der Waals surface area contributed by atoms with Gasteiger partial charge in [-0.2, -0.15) is 21.6 Å².